The van der Waals surface area contributed by atoms with Gasteiger partial charge < -0.3 is 11.1 Å². The average Bonchev–Trinajstić information content (AvgIpc) is 2.38. The van der Waals surface area contributed by atoms with Gasteiger partial charge in [-0.3, -0.25) is 4.79 Å². The molecule has 0 aliphatic carbocycles. The van der Waals surface area contributed by atoms with Crippen LogP contribution in [0.15, 0.2) is 46.9 Å². The number of hydrogen-bond donors (Lipinski definition) is 2. The van der Waals surface area contributed by atoms with Crippen LogP contribution in [0.25, 0.3) is 0 Å². The van der Waals surface area contributed by atoms with Gasteiger partial charge in [0.2, 0.25) is 0 Å². The summed E-state index contributed by atoms with van der Waals surface area (Å²) < 4.78 is 1.00. The van der Waals surface area contributed by atoms with Crippen molar-refractivity contribution in [3.63, 3.8) is 0 Å². The fourth-order valence-electron chi connectivity index (χ4n) is 1.86. The Balaban J connectivity index is 2.12. The molecule has 1 unspecified atom stereocenters. The van der Waals surface area contributed by atoms with E-state index in [1.54, 1.807) is 18.2 Å². The molecule has 0 aromatic heterocycles. The molecule has 2 aromatic rings. The predicted octanol–water partition coefficient (Wildman–Crippen LogP) is 4.18. The lowest BCUT2D eigenvalue weighted by Gasteiger charge is -2.15. The molecular weight excluding hydrogens is 340 g/mol. The van der Waals surface area contributed by atoms with Gasteiger partial charge in [-0.15, -0.1) is 0 Å². The summed E-state index contributed by atoms with van der Waals surface area (Å²) in [5, 5.41) is 3.37. The molecule has 1 atom stereocenters. The number of hydrogen-bond acceptors (Lipinski definition) is 2. The first-order chi connectivity index (χ1) is 9.45. The number of carbonyl (C=O) groups excluding carboxylic acids is 1. The molecule has 0 spiro atoms. The molecule has 0 aliphatic heterocycles. The fraction of sp³-hybridized carbons (Fsp3) is 0.133. The first kappa shape index (κ1) is 14.9. The Morgan fingerprint density at radius 1 is 1.25 bits per heavy atom. The molecule has 0 aliphatic rings. The van der Waals surface area contributed by atoms with Gasteiger partial charge in [0.05, 0.1) is 6.04 Å². The van der Waals surface area contributed by atoms with Gasteiger partial charge in [0.1, 0.15) is 0 Å². The molecule has 2 rings (SSSR count). The van der Waals surface area contributed by atoms with E-state index in [1.165, 1.54) is 0 Å². The Morgan fingerprint density at radius 2 is 1.90 bits per heavy atom. The van der Waals surface area contributed by atoms with Crippen molar-refractivity contribution in [2.24, 2.45) is 0 Å². The minimum Gasteiger partial charge on any atom is -0.399 e. The zero-order valence-electron chi connectivity index (χ0n) is 10.9. The molecule has 1 amide bonds. The van der Waals surface area contributed by atoms with E-state index in [2.05, 4.69) is 21.2 Å². The normalized spacial score (nSPS) is 11.9. The number of rotatable bonds is 3. The van der Waals surface area contributed by atoms with E-state index in [-0.39, 0.29) is 11.9 Å². The smallest absolute Gasteiger partial charge is 0.251 e. The summed E-state index contributed by atoms with van der Waals surface area (Å²) in [6.45, 7) is 1.93. The molecule has 3 nitrogen and oxygen atoms in total. The van der Waals surface area contributed by atoms with Gasteiger partial charge >= 0.3 is 0 Å². The summed E-state index contributed by atoms with van der Waals surface area (Å²) >= 11 is 9.28. The molecule has 0 saturated carbocycles. The van der Waals surface area contributed by atoms with Crippen LogP contribution in [-0.4, -0.2) is 5.91 Å². The van der Waals surface area contributed by atoms with Crippen LogP contribution in [0, 0.1) is 0 Å². The molecule has 0 radical (unpaired) electrons. The quantitative estimate of drug-likeness (QED) is 0.813. The zero-order chi connectivity index (χ0) is 14.7. The lowest BCUT2D eigenvalue weighted by Crippen LogP contribution is -2.26. The Labute approximate surface area is 131 Å². The monoisotopic (exact) mass is 352 g/mol. The number of carbonyl (C=O) groups is 1. The number of nitrogen functional groups attached to an aromatic ring is 1. The highest BCUT2D eigenvalue weighted by atomic mass is 79.9. The van der Waals surface area contributed by atoms with E-state index in [0.717, 1.165) is 10.0 Å². The van der Waals surface area contributed by atoms with Gasteiger partial charge in [0, 0.05) is 20.7 Å². The number of anilines is 1. The molecule has 0 heterocycles. The molecule has 0 bridgehead atoms. The first-order valence-corrected chi connectivity index (χ1v) is 7.25. The van der Waals surface area contributed by atoms with Crippen molar-refractivity contribution in [1.29, 1.82) is 0 Å². The maximum atomic E-state index is 12.2. The van der Waals surface area contributed by atoms with E-state index in [0.29, 0.717) is 16.3 Å². The summed E-state index contributed by atoms with van der Waals surface area (Å²) in [5.74, 6) is -0.199. The molecule has 2 aromatic carbocycles. The van der Waals surface area contributed by atoms with Crippen LogP contribution >= 0.6 is 27.5 Å². The van der Waals surface area contributed by atoms with Crippen LogP contribution in [0.5, 0.6) is 0 Å². The summed E-state index contributed by atoms with van der Waals surface area (Å²) in [5.41, 5.74) is 7.64. The lowest BCUT2D eigenvalue weighted by atomic mass is 10.1. The predicted molar refractivity (Wildman–Crippen MR) is 85.9 cm³/mol. The highest BCUT2D eigenvalue weighted by Crippen LogP contribution is 2.19. The second-order valence-electron chi connectivity index (χ2n) is 4.52. The van der Waals surface area contributed by atoms with Crippen molar-refractivity contribution in [3.05, 3.63) is 63.1 Å². The van der Waals surface area contributed by atoms with E-state index in [9.17, 15) is 4.79 Å². The molecule has 20 heavy (non-hydrogen) atoms. The molecule has 5 heteroatoms. The lowest BCUT2D eigenvalue weighted by molar-refractivity contribution is 0.0940. The van der Waals surface area contributed by atoms with Crippen LogP contribution in [0.3, 0.4) is 0 Å². The topological polar surface area (TPSA) is 55.1 Å². The largest absolute Gasteiger partial charge is 0.399 e. The van der Waals surface area contributed by atoms with Crippen LogP contribution in [0.4, 0.5) is 5.69 Å². The number of nitrogens with two attached hydrogens (primary N) is 1. The van der Waals surface area contributed by atoms with Crippen molar-refractivity contribution in [2.45, 2.75) is 13.0 Å². The zero-order valence-corrected chi connectivity index (χ0v) is 13.2. The van der Waals surface area contributed by atoms with Gasteiger partial charge in [-0.2, -0.15) is 0 Å². The summed E-state index contributed by atoms with van der Waals surface area (Å²) in [6, 6.07) is 12.5. The van der Waals surface area contributed by atoms with Crippen LogP contribution < -0.4 is 11.1 Å². The van der Waals surface area contributed by atoms with E-state index in [4.69, 9.17) is 17.3 Å². The van der Waals surface area contributed by atoms with Crippen molar-refractivity contribution in [2.75, 3.05) is 5.73 Å². The number of nitrogens with one attached hydrogen (secondary N) is 1. The SMILES string of the molecule is CC(NC(=O)c1cc(N)cc(Cl)c1)c1ccc(Br)cc1. The number of amides is 1. The van der Waals surface area contributed by atoms with E-state index < -0.39 is 0 Å². The fourth-order valence-corrected chi connectivity index (χ4v) is 2.37. The number of halogens is 2. The third kappa shape index (κ3) is 3.74. The molecule has 104 valence electrons. The standard InChI is InChI=1S/C15H14BrClN2O/c1-9(10-2-4-12(16)5-3-10)19-15(20)11-6-13(17)8-14(18)7-11/h2-9H,18H2,1H3,(H,19,20). The molecular formula is C15H14BrClN2O. The van der Waals surface area contributed by atoms with E-state index >= 15 is 0 Å². The third-order valence-corrected chi connectivity index (χ3v) is 3.65. The average molecular weight is 354 g/mol. The Morgan fingerprint density at radius 3 is 2.50 bits per heavy atom. The number of benzene rings is 2. The van der Waals surface area contributed by atoms with Gasteiger partial charge in [-0.05, 0) is 42.8 Å². The van der Waals surface area contributed by atoms with Crippen LogP contribution in [-0.2, 0) is 0 Å². The minimum atomic E-state index is -0.199. The van der Waals surface area contributed by atoms with Crippen LogP contribution in [0.2, 0.25) is 5.02 Å². The Hall–Kier alpha value is -1.52. The second kappa shape index (κ2) is 6.29. The first-order valence-electron chi connectivity index (χ1n) is 6.08. The van der Waals surface area contributed by atoms with Gasteiger partial charge in [-0.1, -0.05) is 39.7 Å². The highest BCUT2D eigenvalue weighted by molar-refractivity contribution is 9.10. The molecule has 0 saturated heterocycles. The third-order valence-electron chi connectivity index (χ3n) is 2.90. The Kier molecular flexibility index (Phi) is 4.68. The van der Waals surface area contributed by atoms with Gasteiger partial charge in [0.15, 0.2) is 0 Å². The summed E-state index contributed by atoms with van der Waals surface area (Å²) in [7, 11) is 0. The van der Waals surface area contributed by atoms with Gasteiger partial charge in [0.25, 0.3) is 5.91 Å². The molecule has 3 N–H and O–H groups in total. The van der Waals surface area contributed by atoms with Crippen molar-refractivity contribution < 1.29 is 4.79 Å². The molecule has 0 fully saturated rings. The Bertz CT molecular complexity index is 608. The van der Waals surface area contributed by atoms with Gasteiger partial charge in [-0.25, -0.2) is 0 Å². The highest BCUT2D eigenvalue weighted by Gasteiger charge is 2.12. The maximum absolute atomic E-state index is 12.2. The summed E-state index contributed by atoms with van der Waals surface area (Å²) in [6.07, 6.45) is 0. The second-order valence-corrected chi connectivity index (χ2v) is 5.87. The van der Waals surface area contributed by atoms with Crippen molar-refractivity contribution >= 4 is 39.1 Å². The maximum Gasteiger partial charge on any atom is 0.251 e. The van der Waals surface area contributed by atoms with Crippen molar-refractivity contribution in [1.82, 2.24) is 5.32 Å². The van der Waals surface area contributed by atoms with E-state index in [1.807, 2.05) is 31.2 Å². The summed E-state index contributed by atoms with van der Waals surface area (Å²) in [4.78, 5) is 12.2. The minimum absolute atomic E-state index is 0.101. The van der Waals surface area contributed by atoms with Crippen LogP contribution in [0.1, 0.15) is 28.9 Å². The van der Waals surface area contributed by atoms with Crippen molar-refractivity contribution in [3.8, 4) is 0 Å².